The standard InChI is InChI=1S/C20H30O3/c1-13-9-19-8-5-16-18(2,15(19)4-3-14(13)10-19)7-6-17(23)20(16,11-21)12-22/h14-16,21-22H,1,3-12H2,2H3/t14-,15-,16-,18-,19+/m1/s1. The third-order valence-electron chi connectivity index (χ3n) is 8.55. The minimum Gasteiger partial charge on any atom is -0.395 e. The molecule has 5 atom stereocenters. The molecule has 0 aromatic heterocycles. The van der Waals surface area contributed by atoms with Gasteiger partial charge in [-0.3, -0.25) is 4.79 Å². The summed E-state index contributed by atoms with van der Waals surface area (Å²) in [6, 6.07) is 0. The maximum Gasteiger partial charge on any atom is 0.143 e. The zero-order valence-corrected chi connectivity index (χ0v) is 14.3. The molecule has 0 radical (unpaired) electrons. The predicted molar refractivity (Wildman–Crippen MR) is 88.7 cm³/mol. The first-order valence-electron chi connectivity index (χ1n) is 9.34. The molecule has 4 aliphatic carbocycles. The van der Waals surface area contributed by atoms with Crippen molar-refractivity contribution in [1.82, 2.24) is 0 Å². The van der Waals surface area contributed by atoms with E-state index in [4.69, 9.17) is 0 Å². The summed E-state index contributed by atoms with van der Waals surface area (Å²) in [5.74, 6) is 1.56. The van der Waals surface area contributed by atoms with Gasteiger partial charge in [0, 0.05) is 6.42 Å². The van der Waals surface area contributed by atoms with Gasteiger partial charge < -0.3 is 10.2 Å². The van der Waals surface area contributed by atoms with Crippen molar-refractivity contribution in [2.75, 3.05) is 13.2 Å². The number of fused-ring (bicyclic) bond motifs is 3. The lowest BCUT2D eigenvalue weighted by atomic mass is 9.40. The number of allylic oxidation sites excluding steroid dienone is 1. The van der Waals surface area contributed by atoms with Gasteiger partial charge in [-0.05, 0) is 73.5 Å². The minimum atomic E-state index is -0.902. The van der Waals surface area contributed by atoms with Crippen LogP contribution in [0.1, 0.15) is 58.3 Å². The Morgan fingerprint density at radius 1 is 1.13 bits per heavy atom. The summed E-state index contributed by atoms with van der Waals surface area (Å²) in [5.41, 5.74) is 1.02. The number of carbonyl (C=O) groups is 1. The molecule has 128 valence electrons. The molecular weight excluding hydrogens is 288 g/mol. The van der Waals surface area contributed by atoms with Gasteiger partial charge in [-0.15, -0.1) is 0 Å². The van der Waals surface area contributed by atoms with Crippen LogP contribution in [0.15, 0.2) is 12.2 Å². The fourth-order valence-electron chi connectivity index (χ4n) is 7.48. The maximum absolute atomic E-state index is 12.6. The normalized spacial score (nSPS) is 48.0. The second-order valence-corrected chi connectivity index (χ2v) is 9.22. The lowest BCUT2D eigenvalue weighted by molar-refractivity contribution is -0.184. The number of rotatable bonds is 2. The van der Waals surface area contributed by atoms with Crippen molar-refractivity contribution in [3.63, 3.8) is 0 Å². The number of aliphatic hydroxyl groups excluding tert-OH is 2. The molecule has 0 saturated heterocycles. The molecule has 3 heteroatoms. The summed E-state index contributed by atoms with van der Waals surface area (Å²) in [5, 5.41) is 20.1. The van der Waals surface area contributed by atoms with E-state index < -0.39 is 5.41 Å². The molecular formula is C20H30O3. The molecule has 2 bridgehead atoms. The van der Waals surface area contributed by atoms with Crippen molar-refractivity contribution >= 4 is 5.78 Å². The molecule has 4 rings (SSSR count). The summed E-state index contributed by atoms with van der Waals surface area (Å²) in [4.78, 5) is 12.6. The van der Waals surface area contributed by atoms with E-state index >= 15 is 0 Å². The topological polar surface area (TPSA) is 57.5 Å². The van der Waals surface area contributed by atoms with Gasteiger partial charge in [0.05, 0.1) is 18.6 Å². The monoisotopic (exact) mass is 318 g/mol. The van der Waals surface area contributed by atoms with Crippen LogP contribution < -0.4 is 0 Å². The lowest BCUT2D eigenvalue weighted by Gasteiger charge is -2.63. The highest BCUT2D eigenvalue weighted by molar-refractivity contribution is 5.86. The predicted octanol–water partition coefficient (Wildman–Crippen LogP) is 3.10. The van der Waals surface area contributed by atoms with Crippen LogP contribution in [0, 0.1) is 34.0 Å². The maximum atomic E-state index is 12.6. The zero-order valence-electron chi connectivity index (χ0n) is 14.3. The molecule has 2 N–H and O–H groups in total. The zero-order chi connectivity index (χ0) is 16.5. The summed E-state index contributed by atoms with van der Waals surface area (Å²) in [6.07, 6.45) is 8.50. The van der Waals surface area contributed by atoms with E-state index in [-0.39, 0.29) is 30.3 Å². The van der Waals surface area contributed by atoms with Gasteiger partial charge in [-0.1, -0.05) is 19.1 Å². The van der Waals surface area contributed by atoms with Crippen LogP contribution in [0.4, 0.5) is 0 Å². The van der Waals surface area contributed by atoms with Crippen LogP contribution in [0.2, 0.25) is 0 Å². The second kappa shape index (κ2) is 4.92. The van der Waals surface area contributed by atoms with Crippen molar-refractivity contribution in [2.24, 2.45) is 34.0 Å². The number of aliphatic hydroxyl groups is 2. The Labute approximate surface area is 139 Å². The van der Waals surface area contributed by atoms with Crippen molar-refractivity contribution in [2.45, 2.75) is 58.3 Å². The summed E-state index contributed by atoms with van der Waals surface area (Å²) in [7, 11) is 0. The molecule has 3 nitrogen and oxygen atoms in total. The molecule has 4 fully saturated rings. The molecule has 0 aliphatic heterocycles. The van der Waals surface area contributed by atoms with Gasteiger partial charge in [0.15, 0.2) is 0 Å². The third kappa shape index (κ3) is 1.81. The number of hydrogen-bond donors (Lipinski definition) is 2. The Bertz CT molecular complexity index is 549. The van der Waals surface area contributed by atoms with Gasteiger partial charge in [-0.2, -0.15) is 0 Å². The van der Waals surface area contributed by atoms with E-state index in [0.29, 0.717) is 17.8 Å². The van der Waals surface area contributed by atoms with E-state index in [1.54, 1.807) is 0 Å². The Morgan fingerprint density at radius 2 is 1.87 bits per heavy atom. The van der Waals surface area contributed by atoms with E-state index in [1.165, 1.54) is 31.3 Å². The van der Waals surface area contributed by atoms with Crippen molar-refractivity contribution < 1.29 is 15.0 Å². The van der Waals surface area contributed by atoms with Gasteiger partial charge in [0.2, 0.25) is 0 Å². The van der Waals surface area contributed by atoms with Gasteiger partial charge in [0.25, 0.3) is 0 Å². The molecule has 0 aromatic rings. The van der Waals surface area contributed by atoms with Gasteiger partial charge in [0.1, 0.15) is 5.78 Å². The SMILES string of the molecule is C=C1C[C@]23CC[C@H]4C(CO)(CO)C(=O)CC[C@]4(C)[C@H]2CC[C@@H]1C3. The number of ketones is 1. The van der Waals surface area contributed by atoms with E-state index in [0.717, 1.165) is 25.2 Å². The average Bonchev–Trinajstić information content (AvgIpc) is 2.78. The molecule has 23 heavy (non-hydrogen) atoms. The van der Waals surface area contributed by atoms with Crippen molar-refractivity contribution in [3.05, 3.63) is 12.2 Å². The minimum absolute atomic E-state index is 0.0766. The number of hydrogen-bond acceptors (Lipinski definition) is 3. The van der Waals surface area contributed by atoms with E-state index in [2.05, 4.69) is 13.5 Å². The summed E-state index contributed by atoms with van der Waals surface area (Å²) >= 11 is 0. The Morgan fingerprint density at radius 3 is 2.57 bits per heavy atom. The molecule has 4 saturated carbocycles. The van der Waals surface area contributed by atoms with Crippen LogP contribution in [0.3, 0.4) is 0 Å². The van der Waals surface area contributed by atoms with Gasteiger partial charge in [-0.25, -0.2) is 0 Å². The van der Waals surface area contributed by atoms with Crippen LogP contribution in [-0.2, 0) is 4.79 Å². The quantitative estimate of drug-likeness (QED) is 0.769. The smallest absolute Gasteiger partial charge is 0.143 e. The van der Waals surface area contributed by atoms with E-state index in [1.807, 2.05) is 0 Å². The molecule has 0 unspecified atom stereocenters. The molecule has 4 aliphatic rings. The van der Waals surface area contributed by atoms with Crippen LogP contribution in [0.5, 0.6) is 0 Å². The number of Topliss-reactive ketones (excluding diaryl/α,β-unsaturated/α-hetero) is 1. The number of carbonyl (C=O) groups excluding carboxylic acids is 1. The second-order valence-electron chi connectivity index (χ2n) is 9.22. The van der Waals surface area contributed by atoms with Crippen molar-refractivity contribution in [1.29, 1.82) is 0 Å². The highest BCUT2D eigenvalue weighted by Gasteiger charge is 2.66. The third-order valence-corrected chi connectivity index (χ3v) is 8.55. The molecule has 0 aromatic carbocycles. The van der Waals surface area contributed by atoms with E-state index in [9.17, 15) is 15.0 Å². The molecule has 0 amide bonds. The summed E-state index contributed by atoms with van der Waals surface area (Å²) < 4.78 is 0. The highest BCUT2D eigenvalue weighted by Crippen LogP contribution is 2.71. The van der Waals surface area contributed by atoms with Gasteiger partial charge >= 0.3 is 0 Å². The Hall–Kier alpha value is -0.670. The Kier molecular flexibility index (Phi) is 3.39. The first-order valence-corrected chi connectivity index (χ1v) is 9.34. The fourth-order valence-corrected chi connectivity index (χ4v) is 7.48. The first kappa shape index (κ1) is 15.8. The average molecular weight is 318 g/mol. The first-order chi connectivity index (χ1) is 10.9. The largest absolute Gasteiger partial charge is 0.395 e. The molecule has 1 spiro atoms. The molecule has 0 heterocycles. The lowest BCUT2D eigenvalue weighted by Crippen LogP contribution is -2.62. The highest BCUT2D eigenvalue weighted by atomic mass is 16.3. The summed E-state index contributed by atoms with van der Waals surface area (Å²) in [6.45, 7) is 6.31. The van der Waals surface area contributed by atoms with Crippen molar-refractivity contribution in [3.8, 4) is 0 Å². The van der Waals surface area contributed by atoms with Crippen LogP contribution in [0.25, 0.3) is 0 Å². The fraction of sp³-hybridized carbons (Fsp3) is 0.850. The van der Waals surface area contributed by atoms with Crippen LogP contribution >= 0.6 is 0 Å². The van der Waals surface area contributed by atoms with Crippen LogP contribution in [-0.4, -0.2) is 29.2 Å². The Balaban J connectivity index is 1.76.